The molecule has 0 aliphatic carbocycles. The van der Waals surface area contributed by atoms with Gasteiger partial charge in [-0.25, -0.2) is 0 Å². The molecule has 0 bridgehead atoms. The summed E-state index contributed by atoms with van der Waals surface area (Å²) in [6.07, 6.45) is 0.803. The molecule has 0 saturated carbocycles. The molecule has 1 rings (SSSR count). The van der Waals surface area contributed by atoms with E-state index in [1.165, 1.54) is 6.07 Å². The topological polar surface area (TPSA) is 104 Å². The van der Waals surface area contributed by atoms with Crippen LogP contribution >= 0.6 is 0 Å². The summed E-state index contributed by atoms with van der Waals surface area (Å²) in [5, 5.41) is 26.4. The van der Waals surface area contributed by atoms with Gasteiger partial charge >= 0.3 is 0 Å². The summed E-state index contributed by atoms with van der Waals surface area (Å²) >= 11 is 0. The molecule has 0 saturated heterocycles. The lowest BCUT2D eigenvalue weighted by molar-refractivity contribution is -0.383. The number of nitro groups is 1. The van der Waals surface area contributed by atoms with E-state index in [9.17, 15) is 20.0 Å². The molecule has 0 aliphatic heterocycles. The minimum Gasteiger partial charge on any atom is -0.388 e. The number of benzene rings is 1. The third-order valence-corrected chi connectivity index (χ3v) is 3.86. The maximum atomic E-state index is 11.8. The van der Waals surface area contributed by atoms with Crippen LogP contribution in [0.4, 0.5) is 11.4 Å². The monoisotopic (exact) mass is 309 g/mol. The van der Waals surface area contributed by atoms with Gasteiger partial charge in [0.25, 0.3) is 5.69 Å². The highest BCUT2D eigenvalue weighted by Gasteiger charge is 2.27. The molecule has 122 valence electrons. The summed E-state index contributed by atoms with van der Waals surface area (Å²) in [5.41, 5.74) is -0.776. The highest BCUT2D eigenvalue weighted by molar-refractivity contribution is 5.81. The molecular formula is C15H23N3O4. The van der Waals surface area contributed by atoms with E-state index >= 15 is 0 Å². The number of hydrogen-bond donors (Lipinski definition) is 3. The van der Waals surface area contributed by atoms with Crippen LogP contribution in [0.2, 0.25) is 0 Å². The van der Waals surface area contributed by atoms with Crippen LogP contribution in [0, 0.1) is 16.0 Å². The first-order chi connectivity index (χ1) is 10.3. The van der Waals surface area contributed by atoms with Gasteiger partial charge in [0, 0.05) is 12.6 Å². The van der Waals surface area contributed by atoms with Crippen molar-refractivity contribution in [2.24, 2.45) is 5.92 Å². The SMILES string of the molecule is CCC(C)C(C)(O)CNC(=O)CNc1ccccc1[N+](=O)[O-]. The lowest BCUT2D eigenvalue weighted by Crippen LogP contribution is -2.46. The third kappa shape index (κ3) is 5.00. The van der Waals surface area contributed by atoms with Crippen molar-refractivity contribution in [2.45, 2.75) is 32.8 Å². The number of hydrogen-bond acceptors (Lipinski definition) is 5. The Kier molecular flexibility index (Phi) is 6.30. The molecule has 1 aromatic carbocycles. The van der Waals surface area contributed by atoms with E-state index in [1.807, 2.05) is 13.8 Å². The van der Waals surface area contributed by atoms with Crippen LogP contribution in [-0.4, -0.2) is 34.6 Å². The molecular weight excluding hydrogens is 286 g/mol. The quantitative estimate of drug-likeness (QED) is 0.502. The number of nitro benzene ring substituents is 1. The van der Waals surface area contributed by atoms with E-state index in [0.717, 1.165) is 6.42 Å². The maximum absolute atomic E-state index is 11.8. The number of carbonyl (C=O) groups excluding carboxylic acids is 1. The number of rotatable bonds is 8. The second-order valence-electron chi connectivity index (χ2n) is 5.57. The highest BCUT2D eigenvalue weighted by Crippen LogP contribution is 2.22. The number of nitrogens with one attached hydrogen (secondary N) is 2. The molecule has 0 fully saturated rings. The predicted molar refractivity (Wildman–Crippen MR) is 84.7 cm³/mol. The zero-order valence-corrected chi connectivity index (χ0v) is 13.1. The molecule has 2 unspecified atom stereocenters. The lowest BCUT2D eigenvalue weighted by Gasteiger charge is -2.29. The Balaban J connectivity index is 2.52. The van der Waals surface area contributed by atoms with Gasteiger partial charge in [-0.05, 0) is 18.9 Å². The van der Waals surface area contributed by atoms with Gasteiger partial charge in [-0.3, -0.25) is 14.9 Å². The Bertz CT molecular complexity index is 531. The smallest absolute Gasteiger partial charge is 0.292 e. The zero-order chi connectivity index (χ0) is 16.8. The van der Waals surface area contributed by atoms with Crippen molar-refractivity contribution in [3.8, 4) is 0 Å². The van der Waals surface area contributed by atoms with E-state index in [1.54, 1.807) is 25.1 Å². The van der Waals surface area contributed by atoms with Crippen LogP contribution in [0.3, 0.4) is 0 Å². The molecule has 1 amide bonds. The van der Waals surface area contributed by atoms with Gasteiger partial charge in [0.1, 0.15) is 5.69 Å². The van der Waals surface area contributed by atoms with Crippen LogP contribution in [0.1, 0.15) is 27.2 Å². The average Bonchev–Trinajstić information content (AvgIpc) is 2.50. The van der Waals surface area contributed by atoms with Crippen LogP contribution < -0.4 is 10.6 Å². The van der Waals surface area contributed by atoms with Gasteiger partial charge in [0.15, 0.2) is 0 Å². The molecule has 7 nitrogen and oxygen atoms in total. The number of para-hydroxylation sites is 2. The van der Waals surface area contributed by atoms with Crippen LogP contribution in [0.15, 0.2) is 24.3 Å². The first-order valence-corrected chi connectivity index (χ1v) is 7.24. The average molecular weight is 309 g/mol. The second-order valence-corrected chi connectivity index (χ2v) is 5.57. The minimum absolute atomic E-state index is 0.0518. The Morgan fingerprint density at radius 1 is 1.45 bits per heavy atom. The Hall–Kier alpha value is -2.15. The summed E-state index contributed by atoms with van der Waals surface area (Å²) in [5.74, 6) is -0.280. The summed E-state index contributed by atoms with van der Waals surface area (Å²) in [6, 6.07) is 6.13. The highest BCUT2D eigenvalue weighted by atomic mass is 16.6. The number of aliphatic hydroxyl groups is 1. The number of amides is 1. The third-order valence-electron chi connectivity index (χ3n) is 3.86. The van der Waals surface area contributed by atoms with E-state index in [-0.39, 0.29) is 36.3 Å². The molecule has 2 atom stereocenters. The fraction of sp³-hybridized carbons (Fsp3) is 0.533. The van der Waals surface area contributed by atoms with Gasteiger partial charge in [0.2, 0.25) is 5.91 Å². The summed E-state index contributed by atoms with van der Waals surface area (Å²) in [4.78, 5) is 22.2. The molecule has 0 heterocycles. The Morgan fingerprint density at radius 3 is 2.68 bits per heavy atom. The van der Waals surface area contributed by atoms with Crippen molar-refractivity contribution in [1.29, 1.82) is 0 Å². The maximum Gasteiger partial charge on any atom is 0.292 e. The Labute approximate surface area is 129 Å². The summed E-state index contributed by atoms with van der Waals surface area (Å²) in [6.45, 7) is 5.60. The predicted octanol–water partition coefficient (Wildman–Crippen LogP) is 1.92. The van der Waals surface area contributed by atoms with E-state index in [2.05, 4.69) is 10.6 Å². The normalized spacial score (nSPS) is 14.7. The van der Waals surface area contributed by atoms with Crippen molar-refractivity contribution in [1.82, 2.24) is 5.32 Å². The fourth-order valence-corrected chi connectivity index (χ4v) is 1.91. The first kappa shape index (κ1) is 17.9. The molecule has 0 spiro atoms. The molecule has 0 radical (unpaired) electrons. The number of anilines is 1. The van der Waals surface area contributed by atoms with E-state index < -0.39 is 10.5 Å². The van der Waals surface area contributed by atoms with E-state index in [0.29, 0.717) is 0 Å². The molecule has 0 aromatic heterocycles. The van der Waals surface area contributed by atoms with Crippen LogP contribution in [0.25, 0.3) is 0 Å². The number of carbonyl (C=O) groups is 1. The minimum atomic E-state index is -0.983. The Morgan fingerprint density at radius 2 is 2.09 bits per heavy atom. The van der Waals surface area contributed by atoms with Gasteiger partial charge in [-0.15, -0.1) is 0 Å². The molecule has 3 N–H and O–H groups in total. The van der Waals surface area contributed by atoms with Gasteiger partial charge in [-0.1, -0.05) is 32.4 Å². The second kappa shape index (κ2) is 7.74. The van der Waals surface area contributed by atoms with Gasteiger partial charge in [-0.2, -0.15) is 0 Å². The van der Waals surface area contributed by atoms with Crippen molar-refractivity contribution in [3.63, 3.8) is 0 Å². The van der Waals surface area contributed by atoms with Crippen LogP contribution in [-0.2, 0) is 4.79 Å². The van der Waals surface area contributed by atoms with Crippen molar-refractivity contribution >= 4 is 17.3 Å². The molecule has 1 aromatic rings. The summed E-state index contributed by atoms with van der Waals surface area (Å²) < 4.78 is 0. The summed E-state index contributed by atoms with van der Waals surface area (Å²) in [7, 11) is 0. The fourth-order valence-electron chi connectivity index (χ4n) is 1.91. The molecule has 7 heteroatoms. The first-order valence-electron chi connectivity index (χ1n) is 7.24. The zero-order valence-electron chi connectivity index (χ0n) is 13.1. The van der Waals surface area contributed by atoms with Gasteiger partial charge < -0.3 is 15.7 Å². The largest absolute Gasteiger partial charge is 0.388 e. The van der Waals surface area contributed by atoms with Gasteiger partial charge in [0.05, 0.1) is 17.1 Å². The van der Waals surface area contributed by atoms with Crippen molar-refractivity contribution in [3.05, 3.63) is 34.4 Å². The van der Waals surface area contributed by atoms with Crippen LogP contribution in [0.5, 0.6) is 0 Å². The number of nitrogens with zero attached hydrogens (tertiary/aromatic N) is 1. The van der Waals surface area contributed by atoms with Crippen molar-refractivity contribution in [2.75, 3.05) is 18.4 Å². The lowest BCUT2D eigenvalue weighted by atomic mass is 9.89. The molecule has 22 heavy (non-hydrogen) atoms. The van der Waals surface area contributed by atoms with Crippen molar-refractivity contribution < 1.29 is 14.8 Å². The standard InChI is InChI=1S/C15H23N3O4/c1-4-11(2)15(3,20)10-17-14(19)9-16-12-7-5-6-8-13(12)18(21)22/h5-8,11,16,20H,4,9-10H2,1-3H3,(H,17,19). The van der Waals surface area contributed by atoms with E-state index in [4.69, 9.17) is 0 Å². The molecule has 0 aliphatic rings.